The Morgan fingerprint density at radius 1 is 0.846 bits per heavy atom. The number of hydrazine groups is 1. The summed E-state index contributed by atoms with van der Waals surface area (Å²) in [6.45, 7) is 0. The molecule has 0 saturated heterocycles. The van der Waals surface area contributed by atoms with Crippen LogP contribution in [0, 0.1) is 0 Å². The molecule has 10 heteroatoms. The van der Waals surface area contributed by atoms with Gasteiger partial charge in [0.2, 0.25) is 10.0 Å². The highest BCUT2D eigenvalue weighted by Crippen LogP contribution is 2.27. The Hall–Kier alpha value is -3.11. The molecular weight excluding hydrogens is 362 g/mol. The van der Waals surface area contributed by atoms with E-state index < -0.39 is 21.8 Å². The second-order valence-corrected chi connectivity index (χ2v) is 6.61. The lowest BCUT2D eigenvalue weighted by atomic mass is 10.2. The van der Waals surface area contributed by atoms with Crippen LogP contribution in [0.2, 0.25) is 0 Å². The van der Waals surface area contributed by atoms with Gasteiger partial charge in [-0.15, -0.1) is 0 Å². The zero-order chi connectivity index (χ0) is 19.3. The SMILES string of the molecule is COc1ccc(C(=O)NNC(=O)c2ccc(S(N)(=O)=O)cc2)cc1OC. The Morgan fingerprint density at radius 2 is 1.35 bits per heavy atom. The van der Waals surface area contributed by atoms with Crippen LogP contribution in [0.15, 0.2) is 47.4 Å². The third kappa shape index (κ3) is 4.49. The predicted molar refractivity (Wildman–Crippen MR) is 92.3 cm³/mol. The summed E-state index contributed by atoms with van der Waals surface area (Å²) in [7, 11) is -0.935. The molecule has 2 amide bonds. The molecule has 0 aliphatic heterocycles. The largest absolute Gasteiger partial charge is 0.493 e. The molecule has 0 spiro atoms. The van der Waals surface area contributed by atoms with E-state index in [9.17, 15) is 18.0 Å². The van der Waals surface area contributed by atoms with Gasteiger partial charge in [-0.2, -0.15) is 0 Å². The van der Waals surface area contributed by atoms with Crippen molar-refractivity contribution in [1.82, 2.24) is 10.9 Å². The highest BCUT2D eigenvalue weighted by atomic mass is 32.2. The number of primary sulfonamides is 1. The number of ether oxygens (including phenoxy) is 2. The highest BCUT2D eigenvalue weighted by Gasteiger charge is 2.13. The molecule has 2 aromatic rings. The average Bonchev–Trinajstić information content (AvgIpc) is 2.64. The molecule has 0 unspecified atom stereocenters. The summed E-state index contributed by atoms with van der Waals surface area (Å²) in [5.74, 6) is -0.367. The van der Waals surface area contributed by atoms with Gasteiger partial charge in [0, 0.05) is 11.1 Å². The Kier molecular flexibility index (Phi) is 5.80. The summed E-state index contributed by atoms with van der Waals surface area (Å²) in [6.07, 6.45) is 0. The van der Waals surface area contributed by atoms with Crippen molar-refractivity contribution in [1.29, 1.82) is 0 Å². The molecule has 2 rings (SSSR count). The first-order valence-electron chi connectivity index (χ1n) is 7.22. The topological polar surface area (TPSA) is 137 Å². The van der Waals surface area contributed by atoms with Crippen LogP contribution in [0.5, 0.6) is 11.5 Å². The maximum absolute atomic E-state index is 12.1. The summed E-state index contributed by atoms with van der Waals surface area (Å²) in [6, 6.07) is 9.46. The summed E-state index contributed by atoms with van der Waals surface area (Å²) < 4.78 is 32.6. The molecular formula is C16H17N3O6S. The van der Waals surface area contributed by atoms with Crippen LogP contribution in [0.1, 0.15) is 20.7 Å². The Labute approximate surface area is 150 Å². The first kappa shape index (κ1) is 19.2. The van der Waals surface area contributed by atoms with E-state index in [-0.39, 0.29) is 16.0 Å². The van der Waals surface area contributed by atoms with Gasteiger partial charge in [0.05, 0.1) is 19.1 Å². The molecule has 0 heterocycles. The van der Waals surface area contributed by atoms with E-state index in [0.29, 0.717) is 11.5 Å². The normalized spacial score (nSPS) is 10.7. The average molecular weight is 379 g/mol. The summed E-state index contributed by atoms with van der Waals surface area (Å²) >= 11 is 0. The van der Waals surface area contributed by atoms with Gasteiger partial charge < -0.3 is 9.47 Å². The fraction of sp³-hybridized carbons (Fsp3) is 0.125. The molecule has 0 saturated carbocycles. The molecule has 0 fully saturated rings. The second-order valence-electron chi connectivity index (χ2n) is 5.05. The zero-order valence-corrected chi connectivity index (χ0v) is 14.8. The summed E-state index contributed by atoms with van der Waals surface area (Å²) in [5, 5.41) is 4.99. The Morgan fingerprint density at radius 3 is 1.85 bits per heavy atom. The lowest BCUT2D eigenvalue weighted by molar-refractivity contribution is 0.0846. The van der Waals surface area contributed by atoms with Crippen LogP contribution in [-0.4, -0.2) is 34.5 Å². The van der Waals surface area contributed by atoms with Gasteiger partial charge in [-0.3, -0.25) is 20.4 Å². The van der Waals surface area contributed by atoms with E-state index in [2.05, 4.69) is 10.9 Å². The van der Waals surface area contributed by atoms with Crippen molar-refractivity contribution < 1.29 is 27.5 Å². The van der Waals surface area contributed by atoms with Crippen LogP contribution in [0.4, 0.5) is 0 Å². The third-order valence-electron chi connectivity index (χ3n) is 3.38. The second kappa shape index (κ2) is 7.85. The molecule has 0 atom stereocenters. The minimum absolute atomic E-state index is 0.122. The van der Waals surface area contributed by atoms with Crippen molar-refractivity contribution in [3.05, 3.63) is 53.6 Å². The molecule has 0 bridgehead atoms. The number of methoxy groups -OCH3 is 2. The van der Waals surface area contributed by atoms with Crippen molar-refractivity contribution in [3.8, 4) is 11.5 Å². The molecule has 0 aromatic heterocycles. The Bertz CT molecular complexity index is 926. The first-order chi connectivity index (χ1) is 12.3. The van der Waals surface area contributed by atoms with E-state index in [4.69, 9.17) is 14.6 Å². The van der Waals surface area contributed by atoms with Crippen molar-refractivity contribution >= 4 is 21.8 Å². The van der Waals surface area contributed by atoms with Gasteiger partial charge >= 0.3 is 0 Å². The van der Waals surface area contributed by atoms with Crippen LogP contribution < -0.4 is 25.5 Å². The smallest absolute Gasteiger partial charge is 0.269 e. The number of carbonyl (C=O) groups is 2. The van der Waals surface area contributed by atoms with Crippen LogP contribution >= 0.6 is 0 Å². The van der Waals surface area contributed by atoms with Gasteiger partial charge in [-0.1, -0.05) is 0 Å². The van der Waals surface area contributed by atoms with Crippen LogP contribution in [0.25, 0.3) is 0 Å². The van der Waals surface area contributed by atoms with Crippen LogP contribution in [-0.2, 0) is 10.0 Å². The number of rotatable bonds is 5. The number of sulfonamides is 1. The summed E-state index contributed by atoms with van der Waals surface area (Å²) in [5.41, 5.74) is 4.87. The van der Waals surface area contributed by atoms with Crippen molar-refractivity contribution in [2.75, 3.05) is 14.2 Å². The van der Waals surface area contributed by atoms with Crippen molar-refractivity contribution in [2.24, 2.45) is 5.14 Å². The molecule has 9 nitrogen and oxygen atoms in total. The van der Waals surface area contributed by atoms with Gasteiger partial charge in [-0.25, -0.2) is 13.6 Å². The minimum atomic E-state index is -3.84. The maximum atomic E-state index is 12.1. The number of hydrogen-bond acceptors (Lipinski definition) is 6. The fourth-order valence-electron chi connectivity index (χ4n) is 2.03. The minimum Gasteiger partial charge on any atom is -0.493 e. The van der Waals surface area contributed by atoms with Gasteiger partial charge in [-0.05, 0) is 42.5 Å². The number of amides is 2. The number of benzene rings is 2. The number of nitrogens with two attached hydrogens (primary N) is 1. The van der Waals surface area contributed by atoms with Gasteiger partial charge in [0.15, 0.2) is 11.5 Å². The molecule has 2 aromatic carbocycles. The standard InChI is InChI=1S/C16H17N3O6S/c1-24-13-8-5-11(9-14(13)25-2)16(21)19-18-15(20)10-3-6-12(7-4-10)26(17,22)23/h3-9H,1-2H3,(H,18,20)(H,19,21)(H2,17,22,23). The highest BCUT2D eigenvalue weighted by molar-refractivity contribution is 7.89. The molecule has 138 valence electrons. The van der Waals surface area contributed by atoms with Crippen molar-refractivity contribution in [2.45, 2.75) is 4.90 Å². The molecule has 0 radical (unpaired) electrons. The quantitative estimate of drug-likeness (QED) is 0.644. The zero-order valence-electron chi connectivity index (χ0n) is 14.0. The first-order valence-corrected chi connectivity index (χ1v) is 8.76. The van der Waals surface area contributed by atoms with Gasteiger partial charge in [0.25, 0.3) is 11.8 Å². The monoisotopic (exact) mass is 379 g/mol. The predicted octanol–water partition coefficient (Wildman–Crippen LogP) is 0.426. The molecule has 26 heavy (non-hydrogen) atoms. The molecule has 0 aliphatic rings. The molecule has 4 N–H and O–H groups in total. The Balaban J connectivity index is 2.04. The van der Waals surface area contributed by atoms with E-state index in [0.717, 1.165) is 0 Å². The van der Waals surface area contributed by atoms with Crippen LogP contribution in [0.3, 0.4) is 0 Å². The third-order valence-corrected chi connectivity index (χ3v) is 4.31. The fourth-order valence-corrected chi connectivity index (χ4v) is 2.55. The summed E-state index contributed by atoms with van der Waals surface area (Å²) in [4.78, 5) is 24.0. The van der Waals surface area contributed by atoms with E-state index in [1.807, 2.05) is 0 Å². The number of carbonyl (C=O) groups excluding carboxylic acids is 2. The number of nitrogens with one attached hydrogen (secondary N) is 2. The van der Waals surface area contributed by atoms with E-state index in [1.165, 1.54) is 50.6 Å². The lowest BCUT2D eigenvalue weighted by Gasteiger charge is -2.11. The van der Waals surface area contributed by atoms with Gasteiger partial charge in [0.1, 0.15) is 0 Å². The number of hydrogen-bond donors (Lipinski definition) is 3. The lowest BCUT2D eigenvalue weighted by Crippen LogP contribution is -2.41. The molecule has 0 aliphatic carbocycles. The van der Waals surface area contributed by atoms with E-state index >= 15 is 0 Å². The maximum Gasteiger partial charge on any atom is 0.269 e. The van der Waals surface area contributed by atoms with Crippen molar-refractivity contribution in [3.63, 3.8) is 0 Å². The van der Waals surface area contributed by atoms with E-state index in [1.54, 1.807) is 6.07 Å².